The molecule has 1 aliphatic carbocycles. The quantitative estimate of drug-likeness (QED) is 0.503. The fourth-order valence-corrected chi connectivity index (χ4v) is 2.00. The summed E-state index contributed by atoms with van der Waals surface area (Å²) < 4.78 is 0. The molecule has 0 N–H and O–H groups in total. The van der Waals surface area contributed by atoms with Crippen molar-refractivity contribution in [1.29, 1.82) is 0 Å². The van der Waals surface area contributed by atoms with E-state index >= 15 is 0 Å². The number of hydrogen-bond donors (Lipinski definition) is 0. The van der Waals surface area contributed by atoms with Crippen LogP contribution in [0.5, 0.6) is 0 Å². The van der Waals surface area contributed by atoms with Gasteiger partial charge in [-0.15, -0.1) is 0 Å². The molecule has 0 saturated heterocycles. The second-order valence-electron chi connectivity index (χ2n) is 4.31. The van der Waals surface area contributed by atoms with Crippen molar-refractivity contribution in [3.8, 4) is 0 Å². The topological polar surface area (TPSA) is 0 Å². The van der Waals surface area contributed by atoms with E-state index in [1.165, 1.54) is 24.8 Å². The SMILES string of the molecule is C=C(C)[C@H]1CC[C@H](C)[C@@H](C)C1. The van der Waals surface area contributed by atoms with Crippen molar-refractivity contribution in [2.24, 2.45) is 17.8 Å². The van der Waals surface area contributed by atoms with E-state index in [9.17, 15) is 0 Å². The number of hydrogen-bond acceptors (Lipinski definition) is 0. The molecule has 0 radical (unpaired) electrons. The minimum absolute atomic E-state index is 0.821. The Labute approximate surface area is 70.7 Å². The van der Waals surface area contributed by atoms with Gasteiger partial charge in [0.05, 0.1) is 0 Å². The summed E-state index contributed by atoms with van der Waals surface area (Å²) in [6.07, 6.45) is 4.15. The lowest BCUT2D eigenvalue weighted by Crippen LogP contribution is -2.20. The van der Waals surface area contributed by atoms with E-state index in [2.05, 4.69) is 27.4 Å². The smallest absolute Gasteiger partial charge is 0.0206 e. The first-order chi connectivity index (χ1) is 5.11. The lowest BCUT2D eigenvalue weighted by molar-refractivity contribution is 0.230. The van der Waals surface area contributed by atoms with Crippen LogP contribution in [0.25, 0.3) is 0 Å². The first-order valence-corrected chi connectivity index (χ1v) is 4.76. The summed E-state index contributed by atoms with van der Waals surface area (Å²) in [6.45, 7) is 11.0. The summed E-state index contributed by atoms with van der Waals surface area (Å²) >= 11 is 0. The van der Waals surface area contributed by atoms with Crippen LogP contribution in [0.2, 0.25) is 0 Å². The van der Waals surface area contributed by atoms with Crippen molar-refractivity contribution in [2.45, 2.75) is 40.0 Å². The molecule has 1 fully saturated rings. The molecule has 3 atom stereocenters. The molecule has 0 nitrogen and oxygen atoms in total. The van der Waals surface area contributed by atoms with Crippen molar-refractivity contribution in [3.05, 3.63) is 12.2 Å². The molecule has 0 aromatic carbocycles. The predicted octanol–water partition coefficient (Wildman–Crippen LogP) is 3.63. The third kappa shape index (κ3) is 2.08. The molecule has 1 rings (SSSR count). The molecular weight excluding hydrogens is 132 g/mol. The summed E-state index contributed by atoms with van der Waals surface area (Å²) in [5.74, 6) is 2.66. The maximum atomic E-state index is 4.04. The second-order valence-corrected chi connectivity index (χ2v) is 4.31. The standard InChI is InChI=1S/C11H20/c1-8(2)11-6-5-9(3)10(4)7-11/h9-11H,1,5-7H2,2-4H3/t9-,10-,11-/m0/s1. The Kier molecular flexibility index (Phi) is 2.75. The summed E-state index contributed by atoms with van der Waals surface area (Å²) in [4.78, 5) is 0. The van der Waals surface area contributed by atoms with Crippen LogP contribution in [-0.4, -0.2) is 0 Å². The highest BCUT2D eigenvalue weighted by Crippen LogP contribution is 2.36. The molecule has 0 aliphatic heterocycles. The molecule has 0 heterocycles. The van der Waals surface area contributed by atoms with E-state index in [0.29, 0.717) is 0 Å². The third-order valence-electron chi connectivity index (χ3n) is 3.30. The van der Waals surface area contributed by atoms with Crippen LogP contribution in [0.1, 0.15) is 40.0 Å². The fourth-order valence-electron chi connectivity index (χ4n) is 2.00. The molecule has 0 aromatic rings. The maximum absolute atomic E-state index is 4.04. The normalized spacial score (nSPS) is 38.6. The van der Waals surface area contributed by atoms with Crippen molar-refractivity contribution >= 4 is 0 Å². The van der Waals surface area contributed by atoms with Gasteiger partial charge in [-0.25, -0.2) is 0 Å². The van der Waals surface area contributed by atoms with Gasteiger partial charge in [0.15, 0.2) is 0 Å². The summed E-state index contributed by atoms with van der Waals surface area (Å²) in [6, 6.07) is 0. The van der Waals surface area contributed by atoms with Gasteiger partial charge in [0.25, 0.3) is 0 Å². The molecular formula is C11H20. The molecule has 64 valence electrons. The minimum Gasteiger partial charge on any atom is -0.0999 e. The summed E-state index contributed by atoms with van der Waals surface area (Å²) in [5.41, 5.74) is 1.39. The van der Waals surface area contributed by atoms with E-state index in [0.717, 1.165) is 17.8 Å². The van der Waals surface area contributed by atoms with Gasteiger partial charge in [0.2, 0.25) is 0 Å². The predicted molar refractivity (Wildman–Crippen MR) is 50.5 cm³/mol. The molecule has 1 aliphatic rings. The van der Waals surface area contributed by atoms with E-state index < -0.39 is 0 Å². The Morgan fingerprint density at radius 3 is 2.27 bits per heavy atom. The van der Waals surface area contributed by atoms with Gasteiger partial charge in [0.1, 0.15) is 0 Å². The summed E-state index contributed by atoms with van der Waals surface area (Å²) in [5, 5.41) is 0. The zero-order valence-electron chi connectivity index (χ0n) is 8.06. The van der Waals surface area contributed by atoms with Crippen molar-refractivity contribution in [1.82, 2.24) is 0 Å². The highest BCUT2D eigenvalue weighted by atomic mass is 14.3. The van der Waals surface area contributed by atoms with Crippen LogP contribution in [0, 0.1) is 17.8 Å². The largest absolute Gasteiger partial charge is 0.0999 e. The first kappa shape index (κ1) is 8.83. The van der Waals surface area contributed by atoms with Gasteiger partial charge < -0.3 is 0 Å². The van der Waals surface area contributed by atoms with Crippen molar-refractivity contribution in [3.63, 3.8) is 0 Å². The zero-order valence-corrected chi connectivity index (χ0v) is 8.06. The number of rotatable bonds is 1. The zero-order chi connectivity index (χ0) is 8.43. The average Bonchev–Trinajstić information content (AvgIpc) is 1.94. The molecule has 0 bridgehead atoms. The molecule has 0 amide bonds. The lowest BCUT2D eigenvalue weighted by atomic mass is 9.74. The first-order valence-electron chi connectivity index (χ1n) is 4.76. The van der Waals surface area contributed by atoms with Crippen LogP contribution in [0.3, 0.4) is 0 Å². The Balaban J connectivity index is 2.46. The Bertz CT molecular complexity index is 146. The highest BCUT2D eigenvalue weighted by molar-refractivity contribution is 4.98. The molecule has 11 heavy (non-hydrogen) atoms. The third-order valence-corrected chi connectivity index (χ3v) is 3.30. The van der Waals surface area contributed by atoms with Crippen LogP contribution in [-0.2, 0) is 0 Å². The van der Waals surface area contributed by atoms with Crippen LogP contribution in [0.15, 0.2) is 12.2 Å². The van der Waals surface area contributed by atoms with Gasteiger partial charge in [-0.1, -0.05) is 26.0 Å². The van der Waals surface area contributed by atoms with Gasteiger partial charge in [-0.2, -0.15) is 0 Å². The Morgan fingerprint density at radius 2 is 1.82 bits per heavy atom. The fraction of sp³-hybridized carbons (Fsp3) is 0.818. The van der Waals surface area contributed by atoms with E-state index in [1.807, 2.05) is 0 Å². The molecule has 0 heteroatoms. The molecule has 1 saturated carbocycles. The molecule has 0 aromatic heterocycles. The Morgan fingerprint density at radius 1 is 1.18 bits per heavy atom. The summed E-state index contributed by atoms with van der Waals surface area (Å²) in [7, 11) is 0. The van der Waals surface area contributed by atoms with Crippen LogP contribution >= 0.6 is 0 Å². The average molecular weight is 152 g/mol. The monoisotopic (exact) mass is 152 g/mol. The molecule has 0 spiro atoms. The van der Waals surface area contributed by atoms with Crippen molar-refractivity contribution < 1.29 is 0 Å². The highest BCUT2D eigenvalue weighted by Gasteiger charge is 2.24. The van der Waals surface area contributed by atoms with Gasteiger partial charge in [0, 0.05) is 0 Å². The van der Waals surface area contributed by atoms with Crippen LogP contribution < -0.4 is 0 Å². The minimum atomic E-state index is 0.821. The van der Waals surface area contributed by atoms with E-state index in [4.69, 9.17) is 0 Å². The van der Waals surface area contributed by atoms with E-state index in [-0.39, 0.29) is 0 Å². The number of allylic oxidation sites excluding steroid dienone is 1. The second kappa shape index (κ2) is 3.42. The van der Waals surface area contributed by atoms with Crippen molar-refractivity contribution in [2.75, 3.05) is 0 Å². The maximum Gasteiger partial charge on any atom is -0.0206 e. The van der Waals surface area contributed by atoms with Gasteiger partial charge in [-0.05, 0) is 43.9 Å². The molecule has 0 unspecified atom stereocenters. The Hall–Kier alpha value is -0.260. The van der Waals surface area contributed by atoms with Crippen LogP contribution in [0.4, 0.5) is 0 Å². The van der Waals surface area contributed by atoms with Gasteiger partial charge >= 0.3 is 0 Å². The lowest BCUT2D eigenvalue weighted by Gasteiger charge is -2.32. The van der Waals surface area contributed by atoms with E-state index in [1.54, 1.807) is 0 Å². The van der Waals surface area contributed by atoms with Gasteiger partial charge in [-0.3, -0.25) is 0 Å².